The van der Waals surface area contributed by atoms with E-state index in [1.54, 1.807) is 12.1 Å². The Bertz CT molecular complexity index is 1170. The fourth-order valence-electron chi connectivity index (χ4n) is 4.47. The van der Waals surface area contributed by atoms with Gasteiger partial charge in [0.1, 0.15) is 12.6 Å². The van der Waals surface area contributed by atoms with Crippen molar-refractivity contribution < 1.29 is 33.6 Å². The molecule has 0 saturated carbocycles. The monoisotopic (exact) mass is 477 g/mol. The highest BCUT2D eigenvalue weighted by molar-refractivity contribution is 5.81. The number of aliphatic carboxylic acids is 1. The van der Waals surface area contributed by atoms with Crippen LogP contribution in [0, 0.1) is 0 Å². The lowest BCUT2D eigenvalue weighted by atomic mass is 9.98. The molecular weight excluding hydrogens is 450 g/mol. The number of fused-ring (bicyclic) bond motifs is 3. The molecule has 182 valence electrons. The minimum Gasteiger partial charge on any atom is -0.493 e. The van der Waals surface area contributed by atoms with Crippen LogP contribution in [0.15, 0.2) is 60.7 Å². The Labute approximate surface area is 203 Å². The molecule has 8 heteroatoms. The van der Waals surface area contributed by atoms with Crippen molar-refractivity contribution in [3.63, 3.8) is 0 Å². The average molecular weight is 478 g/mol. The number of carbonyl (C=O) groups is 2. The van der Waals surface area contributed by atoms with Crippen molar-refractivity contribution in [1.29, 1.82) is 0 Å². The first-order valence-electron chi connectivity index (χ1n) is 11.1. The van der Waals surface area contributed by atoms with Crippen molar-refractivity contribution in [1.82, 2.24) is 5.32 Å². The molecular formula is C27H27NO7. The summed E-state index contributed by atoms with van der Waals surface area (Å²) >= 11 is 0. The van der Waals surface area contributed by atoms with Crippen LogP contribution in [0.4, 0.5) is 4.79 Å². The molecule has 0 saturated heterocycles. The molecule has 1 unspecified atom stereocenters. The van der Waals surface area contributed by atoms with Gasteiger partial charge in [-0.2, -0.15) is 0 Å². The lowest BCUT2D eigenvalue weighted by Crippen LogP contribution is -2.42. The van der Waals surface area contributed by atoms with Crippen molar-refractivity contribution in [2.45, 2.75) is 18.4 Å². The molecule has 1 amide bonds. The summed E-state index contributed by atoms with van der Waals surface area (Å²) in [6.07, 6.45) is -0.803. The number of alkyl carbamates (subject to hydrolysis) is 1. The number of benzene rings is 3. The van der Waals surface area contributed by atoms with Gasteiger partial charge in [-0.1, -0.05) is 48.5 Å². The van der Waals surface area contributed by atoms with Gasteiger partial charge in [0, 0.05) is 12.3 Å². The molecule has 3 aromatic carbocycles. The van der Waals surface area contributed by atoms with Crippen molar-refractivity contribution in [3.05, 3.63) is 77.4 Å². The minimum atomic E-state index is -1.21. The predicted molar refractivity (Wildman–Crippen MR) is 129 cm³/mol. The Kier molecular flexibility index (Phi) is 7.10. The molecule has 0 aliphatic heterocycles. The molecule has 4 rings (SSSR count). The highest BCUT2D eigenvalue weighted by Gasteiger charge is 2.30. The molecule has 0 aromatic heterocycles. The van der Waals surface area contributed by atoms with Gasteiger partial charge in [-0.25, -0.2) is 9.59 Å². The smallest absolute Gasteiger partial charge is 0.407 e. The van der Waals surface area contributed by atoms with Crippen LogP contribution in [-0.2, 0) is 16.0 Å². The molecule has 8 nitrogen and oxygen atoms in total. The van der Waals surface area contributed by atoms with Gasteiger partial charge in [-0.05, 0) is 39.9 Å². The van der Waals surface area contributed by atoms with Crippen molar-refractivity contribution in [2.24, 2.45) is 0 Å². The normalized spacial score (nSPS) is 12.8. The lowest BCUT2D eigenvalue weighted by Gasteiger charge is -2.19. The summed E-state index contributed by atoms with van der Waals surface area (Å²) in [5.41, 5.74) is 4.97. The van der Waals surface area contributed by atoms with Crippen LogP contribution >= 0.6 is 0 Å². The van der Waals surface area contributed by atoms with Gasteiger partial charge >= 0.3 is 12.1 Å². The van der Waals surface area contributed by atoms with E-state index in [-0.39, 0.29) is 18.9 Å². The first kappa shape index (κ1) is 23.9. The zero-order chi connectivity index (χ0) is 24.9. The molecule has 0 fully saturated rings. The fourth-order valence-corrected chi connectivity index (χ4v) is 4.47. The Morgan fingerprint density at radius 2 is 1.43 bits per heavy atom. The third-order valence-corrected chi connectivity index (χ3v) is 6.10. The summed E-state index contributed by atoms with van der Waals surface area (Å²) in [7, 11) is 4.44. The van der Waals surface area contributed by atoms with Gasteiger partial charge in [0.05, 0.1) is 21.3 Å². The van der Waals surface area contributed by atoms with E-state index in [4.69, 9.17) is 18.9 Å². The fraction of sp³-hybridized carbons (Fsp3) is 0.259. The first-order valence-corrected chi connectivity index (χ1v) is 11.1. The second-order valence-corrected chi connectivity index (χ2v) is 8.10. The van der Waals surface area contributed by atoms with Crippen LogP contribution in [-0.4, -0.2) is 51.1 Å². The zero-order valence-corrected chi connectivity index (χ0v) is 19.7. The van der Waals surface area contributed by atoms with Gasteiger partial charge in [0.15, 0.2) is 11.5 Å². The van der Waals surface area contributed by atoms with E-state index in [2.05, 4.69) is 5.32 Å². The number of carbonyl (C=O) groups excluding carboxylic acids is 1. The van der Waals surface area contributed by atoms with Gasteiger partial charge in [0.25, 0.3) is 0 Å². The summed E-state index contributed by atoms with van der Waals surface area (Å²) in [5.74, 6) is -0.117. The van der Waals surface area contributed by atoms with Crippen LogP contribution in [0.1, 0.15) is 22.6 Å². The Morgan fingerprint density at radius 1 is 0.886 bits per heavy atom. The number of hydrogen-bond donors (Lipinski definition) is 2. The maximum atomic E-state index is 12.6. The maximum absolute atomic E-state index is 12.6. The van der Waals surface area contributed by atoms with Crippen molar-refractivity contribution >= 4 is 12.1 Å². The van der Waals surface area contributed by atoms with E-state index in [9.17, 15) is 14.7 Å². The van der Waals surface area contributed by atoms with Crippen molar-refractivity contribution in [3.8, 4) is 28.4 Å². The standard InChI is InChI=1S/C27H27NO7/c1-32-23-13-16(14-24(33-2)25(23)34-3)12-22(26(29)30)28-27(31)35-15-21-19-10-6-4-8-17(19)18-9-5-7-11-20(18)21/h4-11,13-14,21-22H,12,15H2,1-3H3,(H,28,31)(H,29,30). The molecule has 1 atom stereocenters. The summed E-state index contributed by atoms with van der Waals surface area (Å²) < 4.78 is 21.5. The highest BCUT2D eigenvalue weighted by Crippen LogP contribution is 2.44. The summed E-state index contributed by atoms with van der Waals surface area (Å²) in [5, 5.41) is 12.2. The van der Waals surface area contributed by atoms with Crippen LogP contribution in [0.25, 0.3) is 11.1 Å². The van der Waals surface area contributed by atoms with E-state index in [1.165, 1.54) is 21.3 Å². The van der Waals surface area contributed by atoms with Crippen LogP contribution in [0.2, 0.25) is 0 Å². The number of methoxy groups -OCH3 is 3. The van der Waals surface area contributed by atoms with Gasteiger partial charge in [-0.3, -0.25) is 0 Å². The highest BCUT2D eigenvalue weighted by atomic mass is 16.5. The molecule has 0 spiro atoms. The number of carboxylic acids is 1. The maximum Gasteiger partial charge on any atom is 0.407 e. The molecule has 0 bridgehead atoms. The molecule has 0 heterocycles. The zero-order valence-electron chi connectivity index (χ0n) is 19.7. The van der Waals surface area contributed by atoms with E-state index in [0.717, 1.165) is 22.3 Å². The van der Waals surface area contributed by atoms with E-state index < -0.39 is 18.1 Å². The molecule has 0 radical (unpaired) electrons. The lowest BCUT2D eigenvalue weighted by molar-refractivity contribution is -0.139. The van der Waals surface area contributed by atoms with Crippen LogP contribution in [0.3, 0.4) is 0 Å². The minimum absolute atomic E-state index is 0.00373. The third kappa shape index (κ3) is 4.87. The Morgan fingerprint density at radius 3 is 1.91 bits per heavy atom. The van der Waals surface area contributed by atoms with E-state index >= 15 is 0 Å². The quantitative estimate of drug-likeness (QED) is 0.475. The number of amides is 1. The van der Waals surface area contributed by atoms with Gasteiger partial charge in [-0.15, -0.1) is 0 Å². The van der Waals surface area contributed by atoms with Crippen LogP contribution < -0.4 is 19.5 Å². The van der Waals surface area contributed by atoms with E-state index in [1.807, 2.05) is 48.5 Å². The summed E-state index contributed by atoms with van der Waals surface area (Å²) in [6.45, 7) is 0.0936. The van der Waals surface area contributed by atoms with Gasteiger partial charge in [0.2, 0.25) is 5.75 Å². The largest absolute Gasteiger partial charge is 0.493 e. The van der Waals surface area contributed by atoms with Crippen molar-refractivity contribution in [2.75, 3.05) is 27.9 Å². The Hall–Kier alpha value is -4.20. The number of ether oxygens (including phenoxy) is 4. The molecule has 2 N–H and O–H groups in total. The second-order valence-electron chi connectivity index (χ2n) is 8.10. The molecule has 1 aliphatic rings. The summed E-state index contributed by atoms with van der Waals surface area (Å²) in [4.78, 5) is 24.5. The first-order chi connectivity index (χ1) is 17.0. The topological polar surface area (TPSA) is 103 Å². The average Bonchev–Trinajstić information content (AvgIpc) is 3.20. The number of rotatable bonds is 9. The second kappa shape index (κ2) is 10.4. The molecule has 35 heavy (non-hydrogen) atoms. The number of nitrogens with one attached hydrogen (secondary N) is 1. The number of carboxylic acid groups (broad SMARTS) is 1. The van der Waals surface area contributed by atoms with E-state index in [0.29, 0.717) is 22.8 Å². The third-order valence-electron chi connectivity index (χ3n) is 6.10. The SMILES string of the molecule is COc1cc(CC(NC(=O)OCC2c3ccccc3-c3ccccc32)C(=O)O)cc(OC)c1OC. The van der Waals surface area contributed by atoms with Gasteiger partial charge < -0.3 is 29.4 Å². The summed E-state index contributed by atoms with van der Waals surface area (Å²) in [6, 6.07) is 18.1. The number of hydrogen-bond acceptors (Lipinski definition) is 6. The molecule has 1 aliphatic carbocycles. The predicted octanol–water partition coefficient (Wildman–Crippen LogP) is 4.25. The molecule has 3 aromatic rings. The Balaban J connectivity index is 1.46. The van der Waals surface area contributed by atoms with Crippen LogP contribution in [0.5, 0.6) is 17.2 Å².